The van der Waals surface area contributed by atoms with Crippen LogP contribution in [0.1, 0.15) is 38.1 Å². The number of β-amino-alcohol motifs (C(OH)–C–C–N with tert-alkyl or cyclic N) is 1. The smallest absolute Gasteiger partial charge is 0.412 e. The van der Waals surface area contributed by atoms with Crippen molar-refractivity contribution >= 4 is 23.1 Å². The molecule has 0 saturated heterocycles. The summed E-state index contributed by atoms with van der Waals surface area (Å²) < 4.78 is 5.31. The largest absolute Gasteiger partial charge is 0.444 e. The summed E-state index contributed by atoms with van der Waals surface area (Å²) in [5.74, 6) is 0. The fourth-order valence-electron chi connectivity index (χ4n) is 3.69. The van der Waals surface area contributed by atoms with Crippen LogP contribution in [0.25, 0.3) is 20.9 Å². The maximum atomic E-state index is 12.1. The van der Waals surface area contributed by atoms with Gasteiger partial charge in [-0.05, 0) is 61.7 Å². The predicted octanol–water partition coefficient (Wildman–Crippen LogP) is 4.62. The Labute approximate surface area is 191 Å². The monoisotopic (exact) mass is 453 g/mol. The number of thiophene rings is 1. The van der Waals surface area contributed by atoms with Crippen LogP contribution in [0.5, 0.6) is 0 Å². The highest BCUT2D eigenvalue weighted by molar-refractivity contribution is 7.18. The van der Waals surface area contributed by atoms with Crippen LogP contribution in [-0.4, -0.2) is 44.9 Å². The number of hydrogen-bond donors (Lipinski definition) is 3. The number of hydrogen-bond acceptors (Lipinski definition) is 7. The first-order chi connectivity index (χ1) is 15.2. The van der Waals surface area contributed by atoms with Crippen LogP contribution < -0.4 is 5.32 Å². The average Bonchev–Trinajstić information content (AvgIpc) is 3.32. The van der Waals surface area contributed by atoms with E-state index >= 15 is 0 Å². The molecule has 3 aromatic rings. The molecular weight excluding hydrogens is 426 g/mol. The van der Waals surface area contributed by atoms with E-state index in [9.17, 15) is 15.0 Å². The molecule has 0 spiro atoms. The van der Waals surface area contributed by atoms with Gasteiger partial charge in [0.1, 0.15) is 11.8 Å². The van der Waals surface area contributed by atoms with Gasteiger partial charge in [0.15, 0.2) is 0 Å². The van der Waals surface area contributed by atoms with Crippen molar-refractivity contribution in [1.82, 2.24) is 9.88 Å². The lowest BCUT2D eigenvalue weighted by atomic mass is 10.0. The van der Waals surface area contributed by atoms with E-state index < -0.39 is 17.9 Å². The first-order valence-electron chi connectivity index (χ1n) is 10.4. The maximum absolute atomic E-state index is 12.1. The van der Waals surface area contributed by atoms with Gasteiger partial charge in [-0.1, -0.05) is 12.1 Å². The summed E-state index contributed by atoms with van der Waals surface area (Å²) in [7, 11) is 0. The zero-order chi connectivity index (χ0) is 22.9. The third-order valence-electron chi connectivity index (χ3n) is 5.09. The van der Waals surface area contributed by atoms with E-state index in [0.717, 1.165) is 32.0 Å². The minimum absolute atomic E-state index is 0.0159. The van der Waals surface area contributed by atoms with Gasteiger partial charge in [0.05, 0.1) is 18.5 Å². The van der Waals surface area contributed by atoms with E-state index in [1.165, 1.54) is 0 Å². The molecule has 1 aromatic carbocycles. The number of aromatic nitrogens is 1. The zero-order valence-electron chi connectivity index (χ0n) is 18.3. The Morgan fingerprint density at radius 1 is 1.19 bits per heavy atom. The van der Waals surface area contributed by atoms with E-state index in [1.807, 2.05) is 49.9 Å². The van der Waals surface area contributed by atoms with Crippen LogP contribution in [-0.2, 0) is 11.3 Å². The van der Waals surface area contributed by atoms with E-state index in [1.54, 1.807) is 23.7 Å². The van der Waals surface area contributed by atoms with Crippen molar-refractivity contribution in [3.63, 3.8) is 0 Å². The number of carbonyl (C=O) groups excluding carboxylic acids is 1. The lowest BCUT2D eigenvalue weighted by Crippen LogP contribution is -2.27. The van der Waals surface area contributed by atoms with Gasteiger partial charge in [0.25, 0.3) is 0 Å². The molecule has 1 atom stereocenters. The highest BCUT2D eigenvalue weighted by Gasteiger charge is 2.28. The van der Waals surface area contributed by atoms with Gasteiger partial charge in [-0.15, -0.1) is 11.3 Å². The third kappa shape index (κ3) is 4.99. The molecule has 3 N–H and O–H groups in total. The molecule has 1 aliphatic rings. The van der Waals surface area contributed by atoms with Crippen molar-refractivity contribution in [1.29, 1.82) is 0 Å². The van der Waals surface area contributed by atoms with Crippen molar-refractivity contribution in [2.75, 3.05) is 18.5 Å². The summed E-state index contributed by atoms with van der Waals surface area (Å²) in [6, 6.07) is 12.0. The second-order valence-electron chi connectivity index (χ2n) is 8.73. The van der Waals surface area contributed by atoms with E-state index in [-0.39, 0.29) is 6.61 Å². The molecule has 32 heavy (non-hydrogen) atoms. The molecular formula is C24H27N3O4S. The third-order valence-corrected chi connectivity index (χ3v) is 6.27. The minimum Gasteiger partial charge on any atom is -0.444 e. The Morgan fingerprint density at radius 2 is 1.94 bits per heavy atom. The fourth-order valence-corrected chi connectivity index (χ4v) is 4.68. The van der Waals surface area contributed by atoms with Crippen molar-refractivity contribution in [3.8, 4) is 20.9 Å². The number of carbonyl (C=O) groups is 1. The molecule has 1 unspecified atom stereocenters. The first-order valence-corrected chi connectivity index (χ1v) is 11.3. The molecule has 4 rings (SSSR count). The quantitative estimate of drug-likeness (QED) is 0.522. The highest BCUT2D eigenvalue weighted by atomic mass is 32.1. The summed E-state index contributed by atoms with van der Waals surface area (Å²) in [6.45, 7) is 6.53. The van der Waals surface area contributed by atoms with Gasteiger partial charge < -0.3 is 14.9 Å². The standard InChI is InChI=1S/C24H27N3O4S/c1-24(2,3)31-23(30)26-18-11-16(12-25-13-18)21-7-6-20(32-21)15-4-5-19-17(10-15)14-27(8-9-28)22(19)29/h4-7,10-13,22,28-29H,8-9,14H2,1-3H3,(H,26,30). The normalized spacial score (nSPS) is 16.1. The number of ether oxygens (including phenoxy) is 1. The predicted molar refractivity (Wildman–Crippen MR) is 125 cm³/mol. The second-order valence-corrected chi connectivity index (χ2v) is 9.82. The molecule has 1 amide bonds. The van der Waals surface area contributed by atoms with Crippen LogP contribution in [0, 0.1) is 0 Å². The molecule has 1 aliphatic heterocycles. The summed E-state index contributed by atoms with van der Waals surface area (Å²) in [5, 5.41) is 22.3. The van der Waals surface area contributed by atoms with Gasteiger partial charge in [-0.25, -0.2) is 4.79 Å². The Bertz CT molecular complexity index is 1120. The molecule has 0 aliphatic carbocycles. The number of benzene rings is 1. The van der Waals surface area contributed by atoms with Crippen molar-refractivity contribution in [3.05, 3.63) is 59.9 Å². The fraction of sp³-hybridized carbons (Fsp3) is 0.333. The first kappa shape index (κ1) is 22.4. The Kier molecular flexibility index (Phi) is 6.30. The molecule has 3 heterocycles. The van der Waals surface area contributed by atoms with Crippen molar-refractivity contribution in [2.45, 2.75) is 39.1 Å². The van der Waals surface area contributed by atoms with E-state index in [0.29, 0.717) is 18.8 Å². The molecule has 7 nitrogen and oxygen atoms in total. The van der Waals surface area contributed by atoms with Gasteiger partial charge in [0, 0.05) is 34.6 Å². The van der Waals surface area contributed by atoms with Gasteiger partial charge in [0.2, 0.25) is 0 Å². The minimum atomic E-state index is -0.670. The Balaban J connectivity index is 1.52. The van der Waals surface area contributed by atoms with Crippen LogP contribution in [0.4, 0.5) is 10.5 Å². The lowest BCUT2D eigenvalue weighted by molar-refractivity contribution is 0.00386. The molecule has 0 bridgehead atoms. The number of pyridine rings is 1. The average molecular weight is 454 g/mol. The number of anilines is 1. The number of fused-ring (bicyclic) bond motifs is 1. The SMILES string of the molecule is CC(C)(C)OC(=O)Nc1cncc(-c2ccc(-c3ccc4c(c3)CN(CCO)C4O)s2)c1. The summed E-state index contributed by atoms with van der Waals surface area (Å²) in [4.78, 5) is 20.3. The Morgan fingerprint density at radius 3 is 2.66 bits per heavy atom. The molecule has 2 aromatic heterocycles. The number of aliphatic hydroxyl groups excluding tert-OH is 2. The van der Waals surface area contributed by atoms with Crippen molar-refractivity contribution < 1.29 is 19.7 Å². The van der Waals surface area contributed by atoms with Gasteiger partial charge in [-0.3, -0.25) is 15.2 Å². The highest BCUT2D eigenvalue weighted by Crippen LogP contribution is 2.38. The summed E-state index contributed by atoms with van der Waals surface area (Å²) in [5.41, 5.74) is 3.95. The number of nitrogens with zero attached hydrogens (tertiary/aromatic N) is 2. The maximum Gasteiger partial charge on any atom is 0.412 e. The number of amides is 1. The van der Waals surface area contributed by atoms with Crippen LogP contribution in [0.15, 0.2) is 48.8 Å². The lowest BCUT2D eigenvalue weighted by Gasteiger charge is -2.19. The topological polar surface area (TPSA) is 94.9 Å². The summed E-state index contributed by atoms with van der Waals surface area (Å²) in [6.07, 6.45) is 2.17. The number of rotatable bonds is 5. The van der Waals surface area contributed by atoms with E-state index in [4.69, 9.17) is 4.74 Å². The van der Waals surface area contributed by atoms with Crippen LogP contribution in [0.2, 0.25) is 0 Å². The Hall–Kier alpha value is -2.78. The number of nitrogens with one attached hydrogen (secondary N) is 1. The molecule has 0 fully saturated rings. The zero-order valence-corrected chi connectivity index (χ0v) is 19.1. The number of aliphatic hydroxyl groups is 2. The molecule has 8 heteroatoms. The summed E-state index contributed by atoms with van der Waals surface area (Å²) >= 11 is 1.63. The van der Waals surface area contributed by atoms with E-state index in [2.05, 4.69) is 22.4 Å². The molecule has 0 saturated carbocycles. The second kappa shape index (κ2) is 8.99. The van der Waals surface area contributed by atoms with Gasteiger partial charge >= 0.3 is 6.09 Å². The molecule has 0 radical (unpaired) electrons. The van der Waals surface area contributed by atoms with Crippen molar-refractivity contribution in [2.24, 2.45) is 0 Å². The van der Waals surface area contributed by atoms with Crippen LogP contribution >= 0.6 is 11.3 Å². The van der Waals surface area contributed by atoms with Gasteiger partial charge in [-0.2, -0.15) is 0 Å². The van der Waals surface area contributed by atoms with Crippen LogP contribution in [0.3, 0.4) is 0 Å². The molecule has 168 valence electrons.